The number of ether oxygens (including phenoxy) is 1. The Morgan fingerprint density at radius 2 is 2.15 bits per heavy atom. The van der Waals surface area contributed by atoms with E-state index in [4.69, 9.17) is 9.94 Å². The molecular formula is C14H11N3O3. The van der Waals surface area contributed by atoms with E-state index in [0.29, 0.717) is 5.56 Å². The number of nitrogens with one attached hydrogen (secondary N) is 1. The molecular weight excluding hydrogens is 258 g/mol. The van der Waals surface area contributed by atoms with Crippen molar-refractivity contribution in [3.63, 3.8) is 0 Å². The number of carbonyl (C=O) groups excluding carboxylic acids is 1. The second-order valence-electron chi connectivity index (χ2n) is 3.71. The minimum absolute atomic E-state index is 0.105. The van der Waals surface area contributed by atoms with Gasteiger partial charge in [0.25, 0.3) is 5.91 Å². The second kappa shape index (κ2) is 6.31. The molecule has 1 amide bonds. The summed E-state index contributed by atoms with van der Waals surface area (Å²) in [6, 6.07) is 5.08. The largest absolute Gasteiger partial charge is 0.480 e. The van der Waals surface area contributed by atoms with Crippen LogP contribution in [0.4, 0.5) is 0 Å². The van der Waals surface area contributed by atoms with Crippen molar-refractivity contribution in [3.8, 4) is 17.7 Å². The van der Waals surface area contributed by atoms with E-state index in [1.807, 2.05) is 6.07 Å². The molecule has 2 rings (SSSR count). The lowest BCUT2D eigenvalue weighted by Gasteiger charge is -2.05. The van der Waals surface area contributed by atoms with Crippen LogP contribution in [0.15, 0.2) is 36.8 Å². The van der Waals surface area contributed by atoms with E-state index in [-0.39, 0.29) is 11.4 Å². The van der Waals surface area contributed by atoms with Gasteiger partial charge in [-0.2, -0.15) is 0 Å². The molecule has 100 valence electrons. The van der Waals surface area contributed by atoms with E-state index >= 15 is 0 Å². The molecule has 6 heteroatoms. The Morgan fingerprint density at radius 3 is 2.80 bits per heavy atom. The summed E-state index contributed by atoms with van der Waals surface area (Å²) in [7, 11) is 1.39. The van der Waals surface area contributed by atoms with E-state index in [2.05, 4.69) is 21.8 Å². The molecule has 0 aliphatic heterocycles. The molecule has 0 unspecified atom stereocenters. The molecule has 0 bridgehead atoms. The van der Waals surface area contributed by atoms with Crippen LogP contribution >= 0.6 is 0 Å². The Kier molecular flexibility index (Phi) is 4.27. The van der Waals surface area contributed by atoms with Crippen LogP contribution in [0, 0.1) is 11.8 Å². The molecule has 20 heavy (non-hydrogen) atoms. The van der Waals surface area contributed by atoms with Gasteiger partial charge in [0.1, 0.15) is 5.56 Å². The Morgan fingerprint density at radius 1 is 1.35 bits per heavy atom. The van der Waals surface area contributed by atoms with Crippen molar-refractivity contribution in [1.29, 1.82) is 0 Å². The number of nitrogens with zero attached hydrogens (tertiary/aromatic N) is 2. The summed E-state index contributed by atoms with van der Waals surface area (Å²) in [6.45, 7) is 0. The zero-order valence-corrected chi connectivity index (χ0v) is 10.6. The summed E-state index contributed by atoms with van der Waals surface area (Å²) in [5, 5.41) is 8.68. The van der Waals surface area contributed by atoms with Gasteiger partial charge in [-0.3, -0.25) is 15.0 Å². The van der Waals surface area contributed by atoms with Gasteiger partial charge in [0, 0.05) is 29.7 Å². The zero-order chi connectivity index (χ0) is 14.4. The van der Waals surface area contributed by atoms with Gasteiger partial charge < -0.3 is 4.74 Å². The normalized spacial score (nSPS) is 9.30. The summed E-state index contributed by atoms with van der Waals surface area (Å²) in [4.78, 5) is 19.4. The van der Waals surface area contributed by atoms with Crippen molar-refractivity contribution in [2.45, 2.75) is 0 Å². The maximum absolute atomic E-state index is 11.5. The first-order valence-electron chi connectivity index (χ1n) is 5.65. The highest BCUT2D eigenvalue weighted by Crippen LogP contribution is 2.15. The van der Waals surface area contributed by atoms with Crippen LogP contribution in [0.3, 0.4) is 0 Å². The summed E-state index contributed by atoms with van der Waals surface area (Å²) in [5.74, 6) is 5.16. The minimum atomic E-state index is -0.709. The van der Waals surface area contributed by atoms with Gasteiger partial charge >= 0.3 is 0 Å². The van der Waals surface area contributed by atoms with Gasteiger partial charge in [-0.1, -0.05) is 11.8 Å². The van der Waals surface area contributed by atoms with Crippen LogP contribution in [0.1, 0.15) is 21.5 Å². The number of rotatable bonds is 2. The van der Waals surface area contributed by atoms with E-state index in [1.165, 1.54) is 24.9 Å². The van der Waals surface area contributed by atoms with Crippen LogP contribution in [0.5, 0.6) is 5.88 Å². The van der Waals surface area contributed by atoms with Crippen molar-refractivity contribution in [3.05, 3.63) is 53.5 Å². The lowest BCUT2D eigenvalue weighted by atomic mass is 10.2. The summed E-state index contributed by atoms with van der Waals surface area (Å²) in [5.41, 5.74) is 2.91. The van der Waals surface area contributed by atoms with Crippen molar-refractivity contribution in [1.82, 2.24) is 15.4 Å². The summed E-state index contributed by atoms with van der Waals surface area (Å²) < 4.78 is 4.94. The predicted octanol–water partition coefficient (Wildman–Crippen LogP) is 1.00. The zero-order valence-electron chi connectivity index (χ0n) is 10.6. The van der Waals surface area contributed by atoms with E-state index in [1.54, 1.807) is 18.5 Å². The monoisotopic (exact) mass is 269 g/mol. The lowest BCUT2D eigenvalue weighted by molar-refractivity contribution is 0.0702. The minimum Gasteiger partial charge on any atom is -0.480 e. The third kappa shape index (κ3) is 3.10. The van der Waals surface area contributed by atoms with Gasteiger partial charge in [-0.25, -0.2) is 10.5 Å². The van der Waals surface area contributed by atoms with Crippen molar-refractivity contribution < 1.29 is 14.7 Å². The molecule has 0 saturated heterocycles. The Labute approximate surface area is 115 Å². The fourth-order valence-corrected chi connectivity index (χ4v) is 1.49. The first-order chi connectivity index (χ1) is 9.74. The summed E-state index contributed by atoms with van der Waals surface area (Å²) in [6.07, 6.45) is 4.77. The lowest BCUT2D eigenvalue weighted by Crippen LogP contribution is -2.20. The maximum Gasteiger partial charge on any atom is 0.280 e. The fourth-order valence-electron chi connectivity index (χ4n) is 1.49. The Hall–Kier alpha value is -2.91. The molecule has 6 nitrogen and oxygen atoms in total. The molecule has 0 aromatic carbocycles. The van der Waals surface area contributed by atoms with Gasteiger partial charge in [-0.05, 0) is 18.2 Å². The number of hydroxylamine groups is 1. The van der Waals surface area contributed by atoms with Crippen LogP contribution in [0.2, 0.25) is 0 Å². The predicted molar refractivity (Wildman–Crippen MR) is 70.3 cm³/mol. The van der Waals surface area contributed by atoms with Gasteiger partial charge in [0.05, 0.1) is 7.11 Å². The Bertz CT molecular complexity index is 675. The molecule has 2 N–H and O–H groups in total. The number of methoxy groups -OCH3 is 1. The highest BCUT2D eigenvalue weighted by Gasteiger charge is 2.13. The summed E-state index contributed by atoms with van der Waals surface area (Å²) >= 11 is 0. The molecule has 0 fully saturated rings. The van der Waals surface area contributed by atoms with Crippen molar-refractivity contribution in [2.24, 2.45) is 0 Å². The van der Waals surface area contributed by atoms with Gasteiger partial charge in [0.15, 0.2) is 0 Å². The Balaban J connectivity index is 2.35. The number of amides is 1. The average molecular weight is 269 g/mol. The molecule has 2 aromatic heterocycles. The quantitative estimate of drug-likeness (QED) is 0.483. The fraction of sp³-hybridized carbons (Fsp3) is 0.0714. The molecule has 0 atom stereocenters. The first kappa shape index (κ1) is 13.5. The third-order valence-corrected chi connectivity index (χ3v) is 2.40. The second-order valence-corrected chi connectivity index (χ2v) is 3.71. The van der Waals surface area contributed by atoms with Crippen molar-refractivity contribution in [2.75, 3.05) is 7.11 Å². The molecule has 0 saturated carbocycles. The molecule has 2 heterocycles. The van der Waals surface area contributed by atoms with E-state index in [9.17, 15) is 4.79 Å². The molecule has 0 radical (unpaired) electrons. The smallest absolute Gasteiger partial charge is 0.280 e. The number of carbonyl (C=O) groups is 1. The van der Waals surface area contributed by atoms with E-state index in [0.717, 1.165) is 5.56 Å². The van der Waals surface area contributed by atoms with Crippen LogP contribution in [-0.4, -0.2) is 28.2 Å². The molecule has 0 spiro atoms. The standard InChI is InChI=1S/C14H11N3O3/c1-20-14-12(13(18)17-19)7-11(9-16-14)5-4-10-3-2-6-15-8-10/h2-3,6-9,19H,1H3,(H,17,18). The number of aromatic nitrogens is 2. The first-order valence-corrected chi connectivity index (χ1v) is 5.65. The molecule has 0 aliphatic rings. The number of hydrogen-bond acceptors (Lipinski definition) is 5. The number of hydrogen-bond donors (Lipinski definition) is 2. The van der Waals surface area contributed by atoms with Crippen LogP contribution < -0.4 is 10.2 Å². The third-order valence-electron chi connectivity index (χ3n) is 2.40. The molecule has 0 aliphatic carbocycles. The van der Waals surface area contributed by atoms with Crippen molar-refractivity contribution >= 4 is 5.91 Å². The highest BCUT2D eigenvalue weighted by atomic mass is 16.5. The number of pyridine rings is 2. The topological polar surface area (TPSA) is 84.3 Å². The maximum atomic E-state index is 11.5. The SMILES string of the molecule is COc1ncc(C#Cc2cccnc2)cc1C(=O)NO. The van der Waals surface area contributed by atoms with Crippen LogP contribution in [0.25, 0.3) is 0 Å². The average Bonchev–Trinajstić information content (AvgIpc) is 2.52. The van der Waals surface area contributed by atoms with Gasteiger partial charge in [0.2, 0.25) is 5.88 Å². The van der Waals surface area contributed by atoms with Crippen LogP contribution in [-0.2, 0) is 0 Å². The van der Waals surface area contributed by atoms with Gasteiger partial charge in [-0.15, -0.1) is 0 Å². The highest BCUT2D eigenvalue weighted by molar-refractivity contribution is 5.95. The van der Waals surface area contributed by atoms with E-state index < -0.39 is 5.91 Å². The molecule has 2 aromatic rings.